The van der Waals surface area contributed by atoms with Gasteiger partial charge in [-0.3, -0.25) is 4.90 Å². The van der Waals surface area contributed by atoms with E-state index in [-0.39, 0.29) is 37.5 Å². The summed E-state index contributed by atoms with van der Waals surface area (Å²) in [5.41, 5.74) is -4.38. The van der Waals surface area contributed by atoms with E-state index in [9.17, 15) is 41.0 Å². The molecule has 3 aromatic rings. The number of rotatable bonds is 10. The number of nitrogens with zero attached hydrogens (tertiary/aromatic N) is 1. The molecule has 278 valence electrons. The van der Waals surface area contributed by atoms with Crippen molar-refractivity contribution in [2.45, 2.75) is 95.2 Å². The van der Waals surface area contributed by atoms with Gasteiger partial charge in [0, 0.05) is 6.61 Å². The number of piperidine rings is 1. The molecule has 0 radical (unpaired) electrons. The Balaban J connectivity index is 1.78. The standard InChI is InChI=1S/C37H42F6N2O6/c1-24(26-19-28(36(38,39)40)21-29(20-26)37(41,42)43)50-23-35(27-13-9-6-10-14-27)17-15-30(44-32(47)51-34(2,3)4)31(16-18-46)45(35)33(48)49-22-25-11-7-5-8-12-25/h5-14,19-21,24,30-31,46H,15-18,22-23H2,1-4H3,(H,44,47)/t24-,30+,31-,35?/m1/s1. The SMILES string of the molecule is C[C@@H](OCC1(c2ccccc2)CC[C@H](NC(=O)OC(C)(C)C)[C@@H](CCO)N1C(=O)OCc1ccccc1)c1cc(C(F)(F)F)cc(C(F)(F)F)c1. The summed E-state index contributed by atoms with van der Waals surface area (Å²) in [5.74, 6) is 0. The normalized spacial score (nSPS) is 20.4. The molecule has 0 aliphatic carbocycles. The maximum atomic E-state index is 14.3. The maximum absolute atomic E-state index is 14.3. The van der Waals surface area contributed by atoms with E-state index >= 15 is 0 Å². The summed E-state index contributed by atoms with van der Waals surface area (Å²) >= 11 is 0. The lowest BCUT2D eigenvalue weighted by atomic mass is 9.76. The number of carbonyl (C=O) groups is 2. The highest BCUT2D eigenvalue weighted by molar-refractivity contribution is 5.72. The van der Waals surface area contributed by atoms with E-state index in [0.717, 1.165) is 0 Å². The number of alkyl carbamates (subject to hydrolysis) is 1. The van der Waals surface area contributed by atoms with Crippen LogP contribution in [0.25, 0.3) is 0 Å². The number of benzene rings is 3. The van der Waals surface area contributed by atoms with Gasteiger partial charge in [-0.2, -0.15) is 26.3 Å². The fraction of sp³-hybridized carbons (Fsp3) is 0.459. The summed E-state index contributed by atoms with van der Waals surface area (Å²) in [7, 11) is 0. The predicted octanol–water partition coefficient (Wildman–Crippen LogP) is 8.77. The largest absolute Gasteiger partial charge is 0.445 e. The Labute approximate surface area is 292 Å². The third-order valence-electron chi connectivity index (χ3n) is 8.62. The lowest BCUT2D eigenvalue weighted by Gasteiger charge is -2.53. The number of likely N-dealkylation sites (tertiary alicyclic amines) is 1. The minimum Gasteiger partial charge on any atom is -0.445 e. The molecule has 14 heteroatoms. The third-order valence-corrected chi connectivity index (χ3v) is 8.62. The van der Waals surface area contributed by atoms with Crippen molar-refractivity contribution in [2.24, 2.45) is 0 Å². The van der Waals surface area contributed by atoms with Crippen LogP contribution in [-0.4, -0.2) is 53.1 Å². The lowest BCUT2D eigenvalue weighted by molar-refractivity contribution is -0.143. The number of amides is 2. The van der Waals surface area contributed by atoms with E-state index in [1.165, 1.54) is 11.8 Å². The van der Waals surface area contributed by atoms with Gasteiger partial charge in [0.2, 0.25) is 0 Å². The lowest BCUT2D eigenvalue weighted by Crippen LogP contribution is -2.66. The van der Waals surface area contributed by atoms with Crippen molar-refractivity contribution in [2.75, 3.05) is 13.2 Å². The number of alkyl halides is 6. The number of aliphatic hydroxyl groups is 1. The fourth-order valence-electron chi connectivity index (χ4n) is 6.22. The van der Waals surface area contributed by atoms with Crippen molar-refractivity contribution in [3.05, 3.63) is 107 Å². The van der Waals surface area contributed by atoms with Gasteiger partial charge in [-0.1, -0.05) is 60.7 Å². The average molecular weight is 725 g/mol. The first-order valence-electron chi connectivity index (χ1n) is 16.4. The average Bonchev–Trinajstić information content (AvgIpc) is 3.06. The van der Waals surface area contributed by atoms with Crippen LogP contribution in [0, 0.1) is 0 Å². The molecule has 8 nitrogen and oxygen atoms in total. The maximum Gasteiger partial charge on any atom is 0.416 e. The Bertz CT molecular complexity index is 1580. The van der Waals surface area contributed by atoms with Crippen molar-refractivity contribution in [3.63, 3.8) is 0 Å². The third kappa shape index (κ3) is 10.2. The molecule has 51 heavy (non-hydrogen) atoms. The first-order valence-corrected chi connectivity index (χ1v) is 16.4. The summed E-state index contributed by atoms with van der Waals surface area (Å²) in [6.07, 6.45) is -12.7. The highest BCUT2D eigenvalue weighted by atomic mass is 19.4. The van der Waals surface area contributed by atoms with E-state index in [2.05, 4.69) is 5.32 Å². The zero-order valence-corrected chi connectivity index (χ0v) is 28.7. The van der Waals surface area contributed by atoms with Crippen LogP contribution < -0.4 is 5.32 Å². The summed E-state index contributed by atoms with van der Waals surface area (Å²) in [5, 5.41) is 13.0. The molecule has 1 aliphatic rings. The van der Waals surface area contributed by atoms with Crippen LogP contribution >= 0.6 is 0 Å². The summed E-state index contributed by atoms with van der Waals surface area (Å²) in [6, 6.07) is 17.0. The Hall–Kier alpha value is -4.30. The molecule has 0 aromatic heterocycles. The first kappa shape index (κ1) is 39.5. The monoisotopic (exact) mass is 724 g/mol. The van der Waals surface area contributed by atoms with Gasteiger partial charge in [-0.25, -0.2) is 9.59 Å². The highest BCUT2D eigenvalue weighted by Gasteiger charge is 2.52. The molecule has 3 aromatic carbocycles. The van der Waals surface area contributed by atoms with Crippen molar-refractivity contribution < 1.29 is 55.2 Å². The number of carbonyl (C=O) groups excluding carboxylic acids is 2. The Morgan fingerprint density at radius 3 is 2.02 bits per heavy atom. The van der Waals surface area contributed by atoms with Crippen LogP contribution in [-0.2, 0) is 38.7 Å². The molecule has 0 bridgehead atoms. The molecule has 1 aliphatic heterocycles. The Morgan fingerprint density at radius 2 is 1.49 bits per heavy atom. The quantitative estimate of drug-likeness (QED) is 0.203. The molecule has 2 N–H and O–H groups in total. The first-order chi connectivity index (χ1) is 23.8. The molecule has 1 heterocycles. The van der Waals surface area contributed by atoms with Crippen molar-refractivity contribution in [1.82, 2.24) is 10.2 Å². The molecular weight excluding hydrogens is 682 g/mol. The molecule has 1 saturated heterocycles. The van der Waals surface area contributed by atoms with Crippen LogP contribution in [0.1, 0.15) is 80.9 Å². The topological polar surface area (TPSA) is 97.3 Å². The molecule has 4 atom stereocenters. The Morgan fingerprint density at radius 1 is 0.922 bits per heavy atom. The molecule has 1 fully saturated rings. The van der Waals surface area contributed by atoms with Gasteiger partial charge in [0.1, 0.15) is 12.2 Å². The smallest absolute Gasteiger partial charge is 0.416 e. The minimum atomic E-state index is -5.06. The van der Waals surface area contributed by atoms with Crippen molar-refractivity contribution in [3.8, 4) is 0 Å². The second kappa shape index (κ2) is 15.9. The van der Waals surface area contributed by atoms with Crippen LogP contribution in [0.15, 0.2) is 78.9 Å². The summed E-state index contributed by atoms with van der Waals surface area (Å²) in [6.45, 7) is 5.45. The second-order valence-electron chi connectivity index (χ2n) is 13.5. The van der Waals surface area contributed by atoms with Crippen LogP contribution in [0.5, 0.6) is 0 Å². The van der Waals surface area contributed by atoms with Gasteiger partial charge < -0.3 is 24.6 Å². The number of aliphatic hydroxyl groups excluding tert-OH is 1. The van der Waals surface area contributed by atoms with E-state index in [1.54, 1.807) is 81.4 Å². The molecular formula is C37H42F6N2O6. The number of halogens is 6. The predicted molar refractivity (Wildman–Crippen MR) is 175 cm³/mol. The van der Waals surface area contributed by atoms with E-state index in [4.69, 9.17) is 14.2 Å². The Kier molecular flexibility index (Phi) is 12.3. The van der Waals surface area contributed by atoms with Crippen molar-refractivity contribution >= 4 is 12.2 Å². The number of hydrogen-bond donors (Lipinski definition) is 2. The second-order valence-corrected chi connectivity index (χ2v) is 13.5. The van der Waals surface area contributed by atoms with Gasteiger partial charge in [0.15, 0.2) is 0 Å². The molecule has 0 saturated carbocycles. The summed E-state index contributed by atoms with van der Waals surface area (Å²) < 4.78 is 99.6. The van der Waals surface area contributed by atoms with E-state index in [1.807, 2.05) is 0 Å². The summed E-state index contributed by atoms with van der Waals surface area (Å²) in [4.78, 5) is 28.6. The van der Waals surface area contributed by atoms with Crippen LogP contribution in [0.4, 0.5) is 35.9 Å². The van der Waals surface area contributed by atoms with Gasteiger partial charge in [-0.15, -0.1) is 0 Å². The van der Waals surface area contributed by atoms with Gasteiger partial charge >= 0.3 is 24.5 Å². The van der Waals surface area contributed by atoms with Gasteiger partial charge in [0.05, 0.1) is 41.5 Å². The number of hydrogen-bond acceptors (Lipinski definition) is 6. The number of nitrogens with one attached hydrogen (secondary N) is 1. The van der Waals surface area contributed by atoms with Crippen LogP contribution in [0.2, 0.25) is 0 Å². The molecule has 2 amide bonds. The minimum absolute atomic E-state index is 0.0341. The highest BCUT2D eigenvalue weighted by Crippen LogP contribution is 2.44. The van der Waals surface area contributed by atoms with E-state index < -0.39 is 78.2 Å². The van der Waals surface area contributed by atoms with Crippen molar-refractivity contribution in [1.29, 1.82) is 0 Å². The van der Waals surface area contributed by atoms with Gasteiger partial charge in [0.25, 0.3) is 0 Å². The molecule has 4 rings (SSSR count). The van der Waals surface area contributed by atoms with E-state index in [0.29, 0.717) is 23.3 Å². The molecule has 0 spiro atoms. The van der Waals surface area contributed by atoms with Crippen LogP contribution in [0.3, 0.4) is 0 Å². The fourth-order valence-corrected chi connectivity index (χ4v) is 6.22. The zero-order valence-electron chi connectivity index (χ0n) is 28.7. The van der Waals surface area contributed by atoms with Gasteiger partial charge in [-0.05, 0) is 81.8 Å². The number of ether oxygens (including phenoxy) is 3. The molecule has 1 unspecified atom stereocenters. The zero-order chi connectivity index (χ0) is 37.6.